The third kappa shape index (κ3) is 5.46. The van der Waals surface area contributed by atoms with Crippen LogP contribution in [0.3, 0.4) is 0 Å². The number of thioether (sulfide) groups is 1. The first-order chi connectivity index (χ1) is 17.8. The number of carbonyl (C=O) groups excluding carboxylic acids is 2. The van der Waals surface area contributed by atoms with E-state index in [0.29, 0.717) is 22.8 Å². The van der Waals surface area contributed by atoms with Gasteiger partial charge >= 0.3 is 0 Å². The Bertz CT molecular complexity index is 1420. The van der Waals surface area contributed by atoms with Crippen molar-refractivity contribution >= 4 is 40.1 Å². The number of hydrogen-bond donors (Lipinski definition) is 1. The maximum Gasteiger partial charge on any atom is 0.262 e. The molecule has 6 nitrogen and oxygen atoms in total. The Morgan fingerprint density at radius 2 is 1.78 bits per heavy atom. The van der Waals surface area contributed by atoms with E-state index in [2.05, 4.69) is 10.3 Å². The molecule has 2 amide bonds. The summed E-state index contributed by atoms with van der Waals surface area (Å²) in [5.41, 5.74) is 4.64. The molecule has 3 aromatic carbocycles. The Labute approximate surface area is 217 Å². The molecule has 2 atom stereocenters. The van der Waals surface area contributed by atoms with E-state index in [1.54, 1.807) is 24.1 Å². The van der Waals surface area contributed by atoms with Crippen molar-refractivity contribution in [3.05, 3.63) is 101 Å². The fourth-order valence-corrected chi connectivity index (χ4v) is 5.32. The number of carbonyl (C=O) groups is 2. The summed E-state index contributed by atoms with van der Waals surface area (Å²) in [7, 11) is 0. The fourth-order valence-electron chi connectivity index (χ4n) is 4.26. The van der Waals surface area contributed by atoms with Gasteiger partial charge in [-0.15, -0.1) is 0 Å². The molecule has 0 spiro atoms. The Balaban J connectivity index is 1.34. The number of aliphatic imine (C=N–C) groups is 1. The number of rotatable bonds is 5. The van der Waals surface area contributed by atoms with Crippen molar-refractivity contribution in [2.45, 2.75) is 38.0 Å². The molecule has 37 heavy (non-hydrogen) atoms. The number of anilines is 1. The van der Waals surface area contributed by atoms with E-state index < -0.39 is 11.2 Å². The number of amidine groups is 1. The Morgan fingerprint density at radius 3 is 2.49 bits per heavy atom. The molecule has 2 aliphatic heterocycles. The summed E-state index contributed by atoms with van der Waals surface area (Å²) in [4.78, 5) is 29.6. The number of hydrazone groups is 1. The topological polar surface area (TPSA) is 74.1 Å². The highest BCUT2D eigenvalue weighted by atomic mass is 32.2. The lowest BCUT2D eigenvalue weighted by atomic mass is 9.98. The van der Waals surface area contributed by atoms with Gasteiger partial charge in [0.2, 0.25) is 5.91 Å². The van der Waals surface area contributed by atoms with Crippen LogP contribution in [-0.4, -0.2) is 33.0 Å². The molecule has 188 valence electrons. The molecule has 0 bridgehead atoms. The normalized spacial score (nSPS) is 19.1. The van der Waals surface area contributed by atoms with Crippen LogP contribution in [-0.2, 0) is 9.59 Å². The van der Waals surface area contributed by atoms with Crippen molar-refractivity contribution in [2.75, 3.05) is 5.32 Å². The monoisotopic (exact) mass is 518 g/mol. The van der Waals surface area contributed by atoms with E-state index in [1.165, 1.54) is 42.1 Å². The summed E-state index contributed by atoms with van der Waals surface area (Å²) in [5, 5.41) is 8.91. The van der Waals surface area contributed by atoms with E-state index in [0.717, 1.165) is 22.4 Å². The van der Waals surface area contributed by atoms with Gasteiger partial charge in [0.15, 0.2) is 5.17 Å². The van der Waals surface area contributed by atoms with Crippen molar-refractivity contribution in [2.24, 2.45) is 10.1 Å². The van der Waals surface area contributed by atoms with E-state index in [-0.39, 0.29) is 30.0 Å². The molecule has 5 rings (SSSR count). The Kier molecular flexibility index (Phi) is 6.88. The molecule has 0 aromatic heterocycles. The van der Waals surface area contributed by atoms with Crippen molar-refractivity contribution in [3.8, 4) is 0 Å². The van der Waals surface area contributed by atoms with Crippen molar-refractivity contribution in [3.63, 3.8) is 0 Å². The van der Waals surface area contributed by atoms with Crippen LogP contribution in [0.4, 0.5) is 14.5 Å². The van der Waals surface area contributed by atoms with Gasteiger partial charge in [0, 0.05) is 18.5 Å². The summed E-state index contributed by atoms with van der Waals surface area (Å²) in [5.74, 6) is -1.47. The highest BCUT2D eigenvalue weighted by Crippen LogP contribution is 2.38. The Morgan fingerprint density at radius 1 is 1.05 bits per heavy atom. The lowest BCUT2D eigenvalue weighted by molar-refractivity contribution is -0.121. The third-order valence-electron chi connectivity index (χ3n) is 6.29. The quantitative estimate of drug-likeness (QED) is 0.466. The molecule has 2 aliphatic rings. The molecular formula is C28H24F2N4O2S. The predicted octanol–water partition coefficient (Wildman–Crippen LogP) is 5.76. The van der Waals surface area contributed by atoms with Crippen LogP contribution in [0.1, 0.15) is 41.1 Å². The van der Waals surface area contributed by atoms with Crippen LogP contribution < -0.4 is 5.32 Å². The average Bonchev–Trinajstić information content (AvgIpc) is 3.46. The summed E-state index contributed by atoms with van der Waals surface area (Å²) in [6, 6.07) is 18.3. The van der Waals surface area contributed by atoms with E-state index in [4.69, 9.17) is 5.10 Å². The van der Waals surface area contributed by atoms with Crippen LogP contribution in [0.2, 0.25) is 0 Å². The largest absolute Gasteiger partial charge is 0.326 e. The molecule has 9 heteroatoms. The molecule has 1 N–H and O–H groups in total. The van der Waals surface area contributed by atoms with Gasteiger partial charge < -0.3 is 5.32 Å². The molecule has 0 saturated carbocycles. The second-order valence-corrected chi connectivity index (χ2v) is 10.3. The van der Waals surface area contributed by atoms with E-state index in [1.807, 2.05) is 31.2 Å². The average molecular weight is 519 g/mol. The summed E-state index contributed by atoms with van der Waals surface area (Å²) in [6.45, 7) is 3.62. The lowest BCUT2D eigenvalue weighted by Crippen LogP contribution is -2.25. The zero-order chi connectivity index (χ0) is 26.1. The van der Waals surface area contributed by atoms with Gasteiger partial charge in [0.05, 0.1) is 11.8 Å². The predicted molar refractivity (Wildman–Crippen MR) is 142 cm³/mol. The standard InChI is InChI=1S/C28H24F2N4O2S/c1-16-3-5-18(6-4-16)23-14-24(19-7-9-20(29)10-8-19)34(33-23)28-32-27(36)25(37-28)15-26(35)31-21-11-12-22(30)17(2)13-21/h3-13,24-25H,14-15H2,1-2H3,(H,31,35)/t24-,25-/m0/s1. The fraction of sp³-hybridized carbons (Fsp3) is 0.214. The van der Waals surface area contributed by atoms with Crippen LogP contribution in [0, 0.1) is 25.5 Å². The number of nitrogens with zero attached hydrogens (tertiary/aromatic N) is 3. The zero-order valence-electron chi connectivity index (χ0n) is 20.2. The minimum absolute atomic E-state index is 0.0868. The number of aryl methyl sites for hydroxylation is 2. The maximum absolute atomic E-state index is 13.6. The molecule has 0 saturated heterocycles. The summed E-state index contributed by atoms with van der Waals surface area (Å²) in [6.07, 6.45) is 0.466. The van der Waals surface area contributed by atoms with Gasteiger partial charge in [-0.1, -0.05) is 53.7 Å². The molecule has 3 aromatic rings. The summed E-state index contributed by atoms with van der Waals surface area (Å²) < 4.78 is 27.1. The van der Waals surface area contributed by atoms with E-state index >= 15 is 0 Å². The third-order valence-corrected chi connectivity index (χ3v) is 7.43. The second-order valence-electron chi connectivity index (χ2n) is 9.08. The number of benzene rings is 3. The second kappa shape index (κ2) is 10.3. The van der Waals surface area contributed by atoms with Gasteiger partial charge in [0.1, 0.15) is 16.9 Å². The van der Waals surface area contributed by atoms with Crippen LogP contribution in [0.25, 0.3) is 0 Å². The van der Waals surface area contributed by atoms with Gasteiger partial charge in [-0.2, -0.15) is 10.1 Å². The first kappa shape index (κ1) is 24.8. The van der Waals surface area contributed by atoms with Gasteiger partial charge in [-0.3, -0.25) is 9.59 Å². The molecule has 2 heterocycles. The van der Waals surface area contributed by atoms with Gasteiger partial charge in [-0.05, 0) is 60.9 Å². The number of hydrogen-bond acceptors (Lipinski definition) is 5. The zero-order valence-corrected chi connectivity index (χ0v) is 21.1. The first-order valence-electron chi connectivity index (χ1n) is 11.8. The van der Waals surface area contributed by atoms with Crippen LogP contribution >= 0.6 is 11.8 Å². The maximum atomic E-state index is 13.6. The van der Waals surface area contributed by atoms with Crippen LogP contribution in [0.15, 0.2) is 76.8 Å². The Hall–Kier alpha value is -3.85. The molecule has 0 radical (unpaired) electrons. The van der Waals surface area contributed by atoms with Gasteiger partial charge in [0.25, 0.3) is 5.91 Å². The molecular weight excluding hydrogens is 494 g/mol. The van der Waals surface area contributed by atoms with Crippen molar-refractivity contribution < 1.29 is 18.4 Å². The number of amides is 2. The molecule has 0 unspecified atom stereocenters. The van der Waals surface area contributed by atoms with E-state index in [9.17, 15) is 18.4 Å². The molecule has 0 fully saturated rings. The van der Waals surface area contributed by atoms with Crippen molar-refractivity contribution in [1.29, 1.82) is 0 Å². The molecule has 0 aliphatic carbocycles. The minimum atomic E-state index is -0.705. The first-order valence-corrected chi connectivity index (χ1v) is 12.7. The highest BCUT2D eigenvalue weighted by molar-refractivity contribution is 8.15. The SMILES string of the molecule is Cc1ccc(C2=NN(C3=NC(=O)[C@H](CC(=O)Nc4ccc(F)c(C)c4)S3)[C@H](c3ccc(F)cc3)C2)cc1. The van der Waals surface area contributed by atoms with Crippen molar-refractivity contribution in [1.82, 2.24) is 5.01 Å². The van der Waals surface area contributed by atoms with Gasteiger partial charge in [-0.25, -0.2) is 13.8 Å². The lowest BCUT2D eigenvalue weighted by Gasteiger charge is -2.23. The highest BCUT2D eigenvalue weighted by Gasteiger charge is 2.39. The number of halogens is 2. The smallest absolute Gasteiger partial charge is 0.262 e. The summed E-state index contributed by atoms with van der Waals surface area (Å²) >= 11 is 1.19. The van der Waals surface area contributed by atoms with Crippen LogP contribution in [0.5, 0.6) is 0 Å². The number of nitrogens with one attached hydrogen (secondary N) is 1. The minimum Gasteiger partial charge on any atom is -0.326 e.